The second-order valence-corrected chi connectivity index (χ2v) is 7.05. The van der Waals surface area contributed by atoms with E-state index in [1.54, 1.807) is 12.3 Å². The highest BCUT2D eigenvalue weighted by Crippen LogP contribution is 2.31. The van der Waals surface area contributed by atoms with Crippen LogP contribution in [0.2, 0.25) is 0 Å². The van der Waals surface area contributed by atoms with Crippen molar-refractivity contribution in [3.05, 3.63) is 66.2 Å². The first-order valence-electron chi connectivity index (χ1n) is 9.29. The van der Waals surface area contributed by atoms with Crippen molar-refractivity contribution in [3.63, 3.8) is 0 Å². The monoisotopic (exact) mass is 387 g/mol. The van der Waals surface area contributed by atoms with Crippen LogP contribution in [0.3, 0.4) is 0 Å². The Labute approximate surface area is 168 Å². The van der Waals surface area contributed by atoms with Gasteiger partial charge in [0.15, 0.2) is 0 Å². The zero-order chi connectivity index (χ0) is 20.2. The van der Waals surface area contributed by atoms with Crippen molar-refractivity contribution in [3.8, 4) is 23.1 Å². The number of fused-ring (bicyclic) bond motifs is 1. The molecule has 0 aliphatic heterocycles. The van der Waals surface area contributed by atoms with Gasteiger partial charge < -0.3 is 14.1 Å². The molecule has 29 heavy (non-hydrogen) atoms. The summed E-state index contributed by atoms with van der Waals surface area (Å²) in [6.07, 6.45) is 7.02. The summed E-state index contributed by atoms with van der Waals surface area (Å²) in [6.45, 7) is 2.23. The number of likely N-dealkylation sites (N-methyl/N-ethyl adjacent to an activating group) is 1. The van der Waals surface area contributed by atoms with Crippen molar-refractivity contribution in [1.29, 1.82) is 5.26 Å². The third kappa shape index (κ3) is 4.28. The number of furan rings is 1. The fourth-order valence-corrected chi connectivity index (χ4v) is 3.01. The summed E-state index contributed by atoms with van der Waals surface area (Å²) >= 11 is 0. The van der Waals surface area contributed by atoms with E-state index < -0.39 is 0 Å². The molecule has 0 unspecified atom stereocenters. The molecule has 0 amide bonds. The standard InChI is InChI=1S/C22H21N5O2/c1-26(2)7-8-27-14-16(12-25-27)15-28-19-3-4-21-17(9-19)10-22(29-21)20-5-6-24-13-18(20)11-23/h3-6,9-10,12-14H,7-8,15H2,1-2H3. The van der Waals surface area contributed by atoms with E-state index in [2.05, 4.69) is 21.1 Å². The lowest BCUT2D eigenvalue weighted by Gasteiger charge is -2.08. The minimum atomic E-state index is 0.446. The van der Waals surface area contributed by atoms with Gasteiger partial charge >= 0.3 is 0 Å². The highest BCUT2D eigenvalue weighted by Gasteiger charge is 2.11. The molecule has 7 heteroatoms. The molecule has 4 aromatic rings. The fourth-order valence-electron chi connectivity index (χ4n) is 3.01. The lowest BCUT2D eigenvalue weighted by Crippen LogP contribution is -2.18. The quantitative estimate of drug-likeness (QED) is 0.481. The van der Waals surface area contributed by atoms with E-state index >= 15 is 0 Å². The average Bonchev–Trinajstić information content (AvgIpc) is 3.37. The highest BCUT2D eigenvalue weighted by molar-refractivity contribution is 5.85. The number of benzene rings is 1. The van der Waals surface area contributed by atoms with Gasteiger partial charge in [-0.15, -0.1) is 0 Å². The molecular formula is C22H21N5O2. The summed E-state index contributed by atoms with van der Waals surface area (Å²) in [7, 11) is 4.08. The van der Waals surface area contributed by atoms with Crippen molar-refractivity contribution in [2.24, 2.45) is 0 Å². The van der Waals surface area contributed by atoms with Crippen molar-refractivity contribution >= 4 is 11.0 Å². The summed E-state index contributed by atoms with van der Waals surface area (Å²) in [4.78, 5) is 6.11. The molecule has 3 heterocycles. The van der Waals surface area contributed by atoms with Gasteiger partial charge in [0.05, 0.1) is 18.3 Å². The van der Waals surface area contributed by atoms with E-state index in [9.17, 15) is 5.26 Å². The van der Waals surface area contributed by atoms with Crippen LogP contribution in [0.1, 0.15) is 11.1 Å². The Hall–Kier alpha value is -3.63. The van der Waals surface area contributed by atoms with Gasteiger partial charge in [0.25, 0.3) is 0 Å². The number of ether oxygens (including phenoxy) is 1. The average molecular weight is 387 g/mol. The molecule has 0 atom stereocenters. The third-order valence-corrected chi connectivity index (χ3v) is 4.56. The summed E-state index contributed by atoms with van der Waals surface area (Å²) in [6, 6.07) is 11.5. The van der Waals surface area contributed by atoms with E-state index in [0.717, 1.165) is 40.9 Å². The molecule has 3 aromatic heterocycles. The van der Waals surface area contributed by atoms with Crippen LogP contribution in [0.25, 0.3) is 22.3 Å². The molecule has 7 nitrogen and oxygen atoms in total. The maximum atomic E-state index is 9.28. The summed E-state index contributed by atoms with van der Waals surface area (Å²) in [5, 5.41) is 14.6. The van der Waals surface area contributed by atoms with Crippen LogP contribution in [0.4, 0.5) is 0 Å². The van der Waals surface area contributed by atoms with E-state index in [1.165, 1.54) is 6.20 Å². The van der Waals surface area contributed by atoms with Crippen LogP contribution in [0, 0.1) is 11.3 Å². The zero-order valence-corrected chi connectivity index (χ0v) is 16.4. The molecule has 0 spiro atoms. The third-order valence-electron chi connectivity index (χ3n) is 4.56. The Morgan fingerprint density at radius 3 is 2.93 bits per heavy atom. The van der Waals surface area contributed by atoms with Crippen LogP contribution in [0.15, 0.2) is 59.5 Å². The topological polar surface area (TPSA) is 80.1 Å². The maximum Gasteiger partial charge on any atom is 0.136 e. The number of aromatic nitrogens is 3. The first-order valence-corrected chi connectivity index (χ1v) is 9.29. The smallest absolute Gasteiger partial charge is 0.136 e. The maximum absolute atomic E-state index is 9.28. The fraction of sp³-hybridized carbons (Fsp3) is 0.227. The normalized spacial score (nSPS) is 11.1. The zero-order valence-electron chi connectivity index (χ0n) is 16.4. The van der Waals surface area contributed by atoms with Crippen LogP contribution in [-0.2, 0) is 13.2 Å². The Morgan fingerprint density at radius 1 is 1.21 bits per heavy atom. The van der Waals surface area contributed by atoms with Gasteiger partial charge in [-0.3, -0.25) is 9.67 Å². The van der Waals surface area contributed by atoms with E-state index in [-0.39, 0.29) is 0 Å². The molecule has 0 aliphatic carbocycles. The Balaban J connectivity index is 1.48. The predicted molar refractivity (Wildman–Crippen MR) is 109 cm³/mol. The summed E-state index contributed by atoms with van der Waals surface area (Å²) in [5.74, 6) is 1.39. The predicted octanol–water partition coefficient (Wildman–Crippen LogP) is 3.70. The SMILES string of the molecule is CN(C)CCn1cc(COc2ccc3oc(-c4ccncc4C#N)cc3c2)cn1. The largest absolute Gasteiger partial charge is 0.489 e. The first kappa shape index (κ1) is 18.7. The summed E-state index contributed by atoms with van der Waals surface area (Å²) in [5.41, 5.74) is 2.97. The van der Waals surface area contributed by atoms with Gasteiger partial charge in [-0.2, -0.15) is 10.4 Å². The molecule has 0 fully saturated rings. The van der Waals surface area contributed by atoms with E-state index in [0.29, 0.717) is 17.9 Å². The Morgan fingerprint density at radius 2 is 2.10 bits per heavy atom. The van der Waals surface area contributed by atoms with Gasteiger partial charge in [0, 0.05) is 41.6 Å². The van der Waals surface area contributed by atoms with Crippen LogP contribution >= 0.6 is 0 Å². The molecule has 146 valence electrons. The number of hydrogen-bond donors (Lipinski definition) is 0. The molecule has 0 saturated carbocycles. The number of nitrogens with zero attached hydrogens (tertiary/aromatic N) is 5. The van der Waals surface area contributed by atoms with Gasteiger partial charge in [-0.1, -0.05) is 0 Å². The highest BCUT2D eigenvalue weighted by atomic mass is 16.5. The lowest BCUT2D eigenvalue weighted by molar-refractivity contribution is 0.306. The Bertz CT molecular complexity index is 1170. The van der Waals surface area contributed by atoms with Crippen molar-refractivity contribution < 1.29 is 9.15 Å². The number of rotatable bonds is 7. The second kappa shape index (κ2) is 8.17. The second-order valence-electron chi connectivity index (χ2n) is 7.05. The molecule has 0 aliphatic rings. The van der Waals surface area contributed by atoms with Gasteiger partial charge in [0.1, 0.15) is 29.8 Å². The minimum absolute atomic E-state index is 0.446. The van der Waals surface area contributed by atoms with Crippen molar-refractivity contribution in [2.75, 3.05) is 20.6 Å². The first-order chi connectivity index (χ1) is 14.1. The van der Waals surface area contributed by atoms with Gasteiger partial charge in [-0.25, -0.2) is 0 Å². The van der Waals surface area contributed by atoms with E-state index in [4.69, 9.17) is 9.15 Å². The summed E-state index contributed by atoms with van der Waals surface area (Å²) < 4.78 is 13.8. The molecule has 0 N–H and O–H groups in total. The van der Waals surface area contributed by atoms with Gasteiger partial charge in [0.2, 0.25) is 0 Å². The number of pyridine rings is 1. The van der Waals surface area contributed by atoms with Crippen molar-refractivity contribution in [2.45, 2.75) is 13.2 Å². The molecule has 0 bridgehead atoms. The van der Waals surface area contributed by atoms with E-state index in [1.807, 2.05) is 55.4 Å². The lowest BCUT2D eigenvalue weighted by atomic mass is 10.1. The van der Waals surface area contributed by atoms with Crippen molar-refractivity contribution in [1.82, 2.24) is 19.7 Å². The minimum Gasteiger partial charge on any atom is -0.489 e. The number of nitriles is 1. The molecular weight excluding hydrogens is 366 g/mol. The van der Waals surface area contributed by atoms with Gasteiger partial charge in [-0.05, 0) is 44.4 Å². The van der Waals surface area contributed by atoms with Crippen LogP contribution < -0.4 is 4.74 Å². The molecule has 0 saturated heterocycles. The Kier molecular flexibility index (Phi) is 5.27. The van der Waals surface area contributed by atoms with Crippen LogP contribution in [0.5, 0.6) is 5.75 Å². The van der Waals surface area contributed by atoms with Crippen LogP contribution in [-0.4, -0.2) is 40.3 Å². The molecule has 0 radical (unpaired) electrons. The molecule has 4 rings (SSSR count). The number of hydrogen-bond acceptors (Lipinski definition) is 6. The molecule has 1 aromatic carbocycles.